The van der Waals surface area contributed by atoms with Crippen LogP contribution in [0.5, 0.6) is 0 Å². The predicted octanol–water partition coefficient (Wildman–Crippen LogP) is 3.16. The monoisotopic (exact) mass is 307 g/mol. The Morgan fingerprint density at radius 3 is 2.70 bits per heavy atom. The van der Waals surface area contributed by atoms with Gasteiger partial charge in [-0.25, -0.2) is 14.4 Å². The fourth-order valence-electron chi connectivity index (χ4n) is 2.92. The number of hydrogen-bond donors (Lipinski definition) is 1. The lowest BCUT2D eigenvalue weighted by Crippen LogP contribution is -2.08. The van der Waals surface area contributed by atoms with Gasteiger partial charge in [-0.3, -0.25) is 4.57 Å². The third kappa shape index (κ3) is 2.17. The van der Waals surface area contributed by atoms with Gasteiger partial charge in [0.2, 0.25) is 6.23 Å². The zero-order valence-corrected chi connectivity index (χ0v) is 12.4. The normalized spacial score (nSPS) is 16.3. The van der Waals surface area contributed by atoms with Crippen molar-refractivity contribution in [3.05, 3.63) is 83.2 Å². The molecule has 114 valence electrons. The molecule has 2 heterocycles. The van der Waals surface area contributed by atoms with Crippen molar-refractivity contribution < 1.29 is 9.50 Å². The largest absolute Gasteiger partial charge is 0.365 e. The Morgan fingerprint density at radius 2 is 1.91 bits per heavy atom. The van der Waals surface area contributed by atoms with Crippen molar-refractivity contribution in [2.24, 2.45) is 4.99 Å². The van der Waals surface area contributed by atoms with Crippen molar-refractivity contribution >= 4 is 5.71 Å². The van der Waals surface area contributed by atoms with E-state index in [0.717, 1.165) is 16.9 Å². The zero-order chi connectivity index (χ0) is 16.0. The highest BCUT2D eigenvalue weighted by Crippen LogP contribution is 2.30. The van der Waals surface area contributed by atoms with E-state index in [4.69, 9.17) is 0 Å². The molecule has 0 radical (unpaired) electrons. The molecule has 1 N–H and O–H groups in total. The smallest absolute Gasteiger partial charge is 0.205 e. The Bertz CT molecular complexity index is 915. The molecule has 0 spiro atoms. The van der Waals surface area contributed by atoms with E-state index in [1.165, 1.54) is 12.1 Å². The van der Waals surface area contributed by atoms with Gasteiger partial charge in [0, 0.05) is 23.0 Å². The standard InChI is InChI=1S/C18H14FN3O/c1-11-10-20-17-18(23)21-16(12-5-3-2-4-6-12)14-9-13(19)7-8-15(14)22(11)17/h2-10,18,23H,1H3. The molecule has 0 saturated carbocycles. The van der Waals surface area contributed by atoms with Gasteiger partial charge < -0.3 is 5.11 Å². The van der Waals surface area contributed by atoms with Gasteiger partial charge in [-0.1, -0.05) is 30.3 Å². The number of aromatic nitrogens is 2. The van der Waals surface area contributed by atoms with Gasteiger partial charge in [-0.15, -0.1) is 0 Å². The second-order valence-corrected chi connectivity index (χ2v) is 5.47. The van der Waals surface area contributed by atoms with Crippen molar-refractivity contribution in [1.82, 2.24) is 9.55 Å². The average molecular weight is 307 g/mol. The van der Waals surface area contributed by atoms with Crippen LogP contribution in [0.1, 0.15) is 28.9 Å². The molecule has 1 unspecified atom stereocenters. The highest BCUT2D eigenvalue weighted by atomic mass is 19.1. The van der Waals surface area contributed by atoms with Crippen LogP contribution in [0.25, 0.3) is 5.69 Å². The molecular formula is C18H14FN3O. The second kappa shape index (κ2) is 5.14. The third-order valence-corrected chi connectivity index (χ3v) is 3.95. The first-order valence-electron chi connectivity index (χ1n) is 7.31. The van der Waals surface area contributed by atoms with Crippen LogP contribution in [0.15, 0.2) is 59.7 Å². The number of nitrogens with zero attached hydrogens (tertiary/aromatic N) is 3. The molecule has 1 aliphatic rings. The number of imidazole rings is 1. The SMILES string of the molecule is Cc1cnc2n1-c1ccc(F)cc1C(c1ccccc1)=NC2O. The molecular weight excluding hydrogens is 293 g/mol. The highest BCUT2D eigenvalue weighted by Gasteiger charge is 2.25. The first-order valence-corrected chi connectivity index (χ1v) is 7.31. The lowest BCUT2D eigenvalue weighted by atomic mass is 10.0. The Kier molecular flexibility index (Phi) is 3.09. The minimum atomic E-state index is -1.10. The first kappa shape index (κ1) is 13.8. The number of fused-ring (bicyclic) bond motifs is 3. The molecule has 3 aromatic rings. The molecule has 4 nitrogen and oxygen atoms in total. The van der Waals surface area contributed by atoms with Gasteiger partial charge in [0.15, 0.2) is 5.82 Å². The van der Waals surface area contributed by atoms with Gasteiger partial charge >= 0.3 is 0 Å². The zero-order valence-electron chi connectivity index (χ0n) is 12.4. The van der Waals surface area contributed by atoms with Crippen LogP contribution in [0, 0.1) is 12.7 Å². The Hall–Kier alpha value is -2.79. The van der Waals surface area contributed by atoms with E-state index in [0.29, 0.717) is 17.1 Å². The summed E-state index contributed by atoms with van der Waals surface area (Å²) in [4.78, 5) is 8.66. The van der Waals surface area contributed by atoms with Crippen molar-refractivity contribution in [1.29, 1.82) is 0 Å². The lowest BCUT2D eigenvalue weighted by molar-refractivity contribution is 0.177. The van der Waals surface area contributed by atoms with Crippen molar-refractivity contribution in [2.45, 2.75) is 13.2 Å². The van der Waals surface area contributed by atoms with E-state index in [9.17, 15) is 9.50 Å². The Labute approximate surface area is 132 Å². The van der Waals surface area contributed by atoms with Crippen LogP contribution in [-0.2, 0) is 0 Å². The second-order valence-electron chi connectivity index (χ2n) is 5.47. The topological polar surface area (TPSA) is 50.4 Å². The van der Waals surface area contributed by atoms with Gasteiger partial charge in [0.05, 0.1) is 11.4 Å². The number of hydrogen-bond acceptors (Lipinski definition) is 3. The van der Waals surface area contributed by atoms with Gasteiger partial charge in [-0.2, -0.15) is 0 Å². The minimum absolute atomic E-state index is 0.344. The number of aliphatic hydroxyl groups excluding tert-OH is 1. The average Bonchev–Trinajstić information content (AvgIpc) is 2.89. The number of rotatable bonds is 1. The summed E-state index contributed by atoms with van der Waals surface area (Å²) in [6.45, 7) is 1.89. The molecule has 0 amide bonds. The maximum absolute atomic E-state index is 13.9. The number of aliphatic hydroxyl groups is 1. The molecule has 0 fully saturated rings. The summed E-state index contributed by atoms with van der Waals surface area (Å²) in [5, 5.41) is 10.5. The molecule has 4 rings (SSSR count). The number of aryl methyl sites for hydroxylation is 1. The third-order valence-electron chi connectivity index (χ3n) is 3.95. The molecule has 1 aliphatic heterocycles. The summed E-state index contributed by atoms with van der Waals surface area (Å²) < 4.78 is 15.7. The lowest BCUT2D eigenvalue weighted by Gasteiger charge is -2.13. The van der Waals surface area contributed by atoms with E-state index in [2.05, 4.69) is 9.98 Å². The van der Waals surface area contributed by atoms with Crippen LogP contribution in [0.3, 0.4) is 0 Å². The van der Waals surface area contributed by atoms with Crippen LogP contribution in [0.4, 0.5) is 4.39 Å². The van der Waals surface area contributed by atoms with E-state index >= 15 is 0 Å². The van der Waals surface area contributed by atoms with Crippen molar-refractivity contribution in [2.75, 3.05) is 0 Å². The number of benzene rings is 2. The summed E-state index contributed by atoms with van der Waals surface area (Å²) in [5.41, 5.74) is 3.63. The van der Waals surface area contributed by atoms with E-state index < -0.39 is 6.23 Å². The molecule has 23 heavy (non-hydrogen) atoms. The molecule has 1 aromatic heterocycles. The number of aliphatic imine (C=N–C) groups is 1. The van der Waals surface area contributed by atoms with E-state index in [1.807, 2.05) is 41.8 Å². The minimum Gasteiger partial charge on any atom is -0.365 e. The summed E-state index contributed by atoms with van der Waals surface area (Å²) in [5.74, 6) is 0.0874. The Morgan fingerprint density at radius 1 is 1.13 bits per heavy atom. The first-order chi connectivity index (χ1) is 11.1. The van der Waals surface area contributed by atoms with Crippen molar-refractivity contribution in [3.8, 4) is 5.69 Å². The fraction of sp³-hybridized carbons (Fsp3) is 0.111. The Balaban J connectivity index is 2.06. The molecule has 0 aliphatic carbocycles. The fourth-order valence-corrected chi connectivity index (χ4v) is 2.92. The van der Waals surface area contributed by atoms with E-state index in [-0.39, 0.29) is 5.82 Å². The van der Waals surface area contributed by atoms with E-state index in [1.54, 1.807) is 12.3 Å². The van der Waals surface area contributed by atoms with Gasteiger partial charge in [-0.05, 0) is 25.1 Å². The maximum atomic E-state index is 13.9. The molecule has 1 atom stereocenters. The van der Waals surface area contributed by atoms with Crippen molar-refractivity contribution in [3.63, 3.8) is 0 Å². The predicted molar refractivity (Wildman–Crippen MR) is 85.3 cm³/mol. The maximum Gasteiger partial charge on any atom is 0.205 e. The quantitative estimate of drug-likeness (QED) is 0.751. The van der Waals surface area contributed by atoms with Crippen LogP contribution < -0.4 is 0 Å². The molecule has 0 saturated heterocycles. The number of halogens is 1. The highest BCUT2D eigenvalue weighted by molar-refractivity contribution is 6.15. The van der Waals surface area contributed by atoms with Gasteiger partial charge in [0.25, 0.3) is 0 Å². The summed E-state index contributed by atoms with van der Waals surface area (Å²) in [6, 6.07) is 14.0. The van der Waals surface area contributed by atoms with Gasteiger partial charge in [0.1, 0.15) is 5.82 Å². The molecule has 0 bridgehead atoms. The van der Waals surface area contributed by atoms with Crippen LogP contribution in [-0.4, -0.2) is 20.4 Å². The van der Waals surface area contributed by atoms with Crippen LogP contribution in [0.2, 0.25) is 0 Å². The summed E-state index contributed by atoms with van der Waals surface area (Å²) >= 11 is 0. The summed E-state index contributed by atoms with van der Waals surface area (Å²) in [7, 11) is 0. The molecule has 2 aromatic carbocycles. The summed E-state index contributed by atoms with van der Waals surface area (Å²) in [6.07, 6.45) is 0.573. The van der Waals surface area contributed by atoms with Crippen LogP contribution >= 0.6 is 0 Å². The molecule has 5 heteroatoms.